The number of aryl methyl sites for hydroxylation is 2. The molecule has 0 aromatic heterocycles. The third-order valence-electron chi connectivity index (χ3n) is 5.59. The van der Waals surface area contributed by atoms with Crippen LogP contribution in [0.15, 0.2) is 41.6 Å². The van der Waals surface area contributed by atoms with E-state index in [9.17, 15) is 5.21 Å². The van der Waals surface area contributed by atoms with E-state index < -0.39 is 0 Å². The Bertz CT molecular complexity index is 794. The summed E-state index contributed by atoms with van der Waals surface area (Å²) in [5.74, 6) is 0. The lowest BCUT2D eigenvalue weighted by atomic mass is 9.81. The molecule has 29 heavy (non-hydrogen) atoms. The number of rotatable bonds is 6. The monoisotopic (exact) mass is 393 g/mol. The Labute approximate surface area is 178 Å². The van der Waals surface area contributed by atoms with Gasteiger partial charge < -0.3 is 5.21 Å². The molecule has 158 valence electrons. The predicted molar refractivity (Wildman–Crippen MR) is 126 cm³/mol. The van der Waals surface area contributed by atoms with Gasteiger partial charge in [-0.15, -0.1) is 0 Å². The maximum atomic E-state index is 10.1. The molecule has 0 atom stereocenters. The fourth-order valence-electron chi connectivity index (χ4n) is 3.79. The Morgan fingerprint density at radius 2 is 1.10 bits per heavy atom. The number of hydrogen-bond acceptors (Lipinski definition) is 2. The van der Waals surface area contributed by atoms with Crippen molar-refractivity contribution in [2.24, 2.45) is 5.16 Å². The number of oxime groups is 1. The van der Waals surface area contributed by atoms with Crippen LogP contribution in [0.3, 0.4) is 0 Å². The second-order valence-electron chi connectivity index (χ2n) is 10.2. The van der Waals surface area contributed by atoms with E-state index in [2.05, 4.69) is 96.9 Å². The Morgan fingerprint density at radius 3 is 1.38 bits per heavy atom. The summed E-state index contributed by atoms with van der Waals surface area (Å²) >= 11 is 0. The standard InChI is InChI=1S/C27H39NO/c1-9-11-19-17-21(26(3,4)5)13-15-23(19)25(28-29)24-16-14-22(27(6,7)8)18-20(24)12-10-2/h13-18,29H,9-12H2,1-8H3. The predicted octanol–water partition coefficient (Wildman–Crippen LogP) is 7.41. The molecule has 0 spiro atoms. The van der Waals surface area contributed by atoms with Crippen molar-refractivity contribution in [1.82, 2.24) is 0 Å². The summed E-state index contributed by atoms with van der Waals surface area (Å²) in [6.07, 6.45) is 4.07. The normalized spacial score (nSPS) is 12.1. The van der Waals surface area contributed by atoms with Gasteiger partial charge in [0.05, 0.1) is 0 Å². The smallest absolute Gasteiger partial charge is 0.117 e. The lowest BCUT2D eigenvalue weighted by Crippen LogP contribution is -2.16. The van der Waals surface area contributed by atoms with Crippen LogP contribution in [-0.4, -0.2) is 10.9 Å². The maximum absolute atomic E-state index is 10.1. The molecule has 0 radical (unpaired) electrons. The van der Waals surface area contributed by atoms with Gasteiger partial charge in [0.15, 0.2) is 0 Å². The molecule has 0 unspecified atom stereocenters. The molecule has 0 aliphatic carbocycles. The van der Waals surface area contributed by atoms with Gasteiger partial charge in [-0.05, 0) is 45.9 Å². The van der Waals surface area contributed by atoms with E-state index in [1.165, 1.54) is 22.3 Å². The van der Waals surface area contributed by atoms with Crippen molar-refractivity contribution < 1.29 is 5.21 Å². The van der Waals surface area contributed by atoms with E-state index in [0.29, 0.717) is 5.71 Å². The minimum Gasteiger partial charge on any atom is -0.410 e. The van der Waals surface area contributed by atoms with Crippen LogP contribution in [0.4, 0.5) is 0 Å². The molecule has 0 saturated carbocycles. The SMILES string of the molecule is CCCc1cc(C(C)(C)C)ccc1C(=NO)c1ccc(C(C)(C)C)cc1CCC. The van der Waals surface area contributed by atoms with Gasteiger partial charge in [0, 0.05) is 11.1 Å². The van der Waals surface area contributed by atoms with E-state index in [-0.39, 0.29) is 10.8 Å². The highest BCUT2D eigenvalue weighted by Gasteiger charge is 2.21. The highest BCUT2D eigenvalue weighted by atomic mass is 16.4. The van der Waals surface area contributed by atoms with Gasteiger partial charge >= 0.3 is 0 Å². The van der Waals surface area contributed by atoms with Crippen molar-refractivity contribution in [2.75, 3.05) is 0 Å². The zero-order valence-corrected chi connectivity index (χ0v) is 19.7. The molecule has 0 aliphatic rings. The number of hydrogen-bond donors (Lipinski definition) is 1. The molecule has 0 bridgehead atoms. The average Bonchev–Trinajstić information content (AvgIpc) is 2.63. The fourth-order valence-corrected chi connectivity index (χ4v) is 3.79. The molecule has 0 amide bonds. The number of nitrogens with zero attached hydrogens (tertiary/aromatic N) is 1. The summed E-state index contributed by atoms with van der Waals surface area (Å²) in [7, 11) is 0. The quantitative estimate of drug-likeness (QED) is 0.309. The Morgan fingerprint density at radius 1 is 0.724 bits per heavy atom. The number of benzene rings is 2. The molecule has 0 fully saturated rings. The second-order valence-corrected chi connectivity index (χ2v) is 10.2. The molecule has 2 heteroatoms. The molecule has 0 heterocycles. The molecule has 0 saturated heterocycles. The van der Waals surface area contributed by atoms with E-state index >= 15 is 0 Å². The fraction of sp³-hybridized carbons (Fsp3) is 0.519. The van der Waals surface area contributed by atoms with Crippen molar-refractivity contribution >= 4 is 5.71 Å². The molecule has 2 nitrogen and oxygen atoms in total. The molecular formula is C27H39NO. The highest BCUT2D eigenvalue weighted by Crippen LogP contribution is 2.30. The summed E-state index contributed by atoms with van der Waals surface area (Å²) in [5, 5.41) is 13.9. The average molecular weight is 394 g/mol. The zero-order chi connectivity index (χ0) is 21.8. The van der Waals surface area contributed by atoms with E-state index in [0.717, 1.165) is 36.8 Å². The molecule has 2 rings (SSSR count). The zero-order valence-electron chi connectivity index (χ0n) is 19.7. The minimum atomic E-state index is 0.0965. The van der Waals surface area contributed by atoms with E-state index in [4.69, 9.17) is 0 Å². The van der Waals surface area contributed by atoms with Gasteiger partial charge in [0.1, 0.15) is 5.71 Å². The van der Waals surface area contributed by atoms with Crippen molar-refractivity contribution in [3.8, 4) is 0 Å². The first-order valence-electron chi connectivity index (χ1n) is 11.0. The van der Waals surface area contributed by atoms with Crippen LogP contribution in [0.2, 0.25) is 0 Å². The topological polar surface area (TPSA) is 32.6 Å². The first-order valence-corrected chi connectivity index (χ1v) is 11.0. The van der Waals surface area contributed by atoms with Gasteiger partial charge in [0.2, 0.25) is 0 Å². The van der Waals surface area contributed by atoms with Crippen LogP contribution in [0.25, 0.3) is 0 Å². The molecule has 0 aliphatic heterocycles. The van der Waals surface area contributed by atoms with Crippen molar-refractivity contribution in [2.45, 2.75) is 91.9 Å². The van der Waals surface area contributed by atoms with Crippen LogP contribution in [0, 0.1) is 0 Å². The first-order chi connectivity index (χ1) is 13.5. The molecular weight excluding hydrogens is 354 g/mol. The second kappa shape index (κ2) is 9.15. The first kappa shape index (κ1) is 23.2. The third-order valence-corrected chi connectivity index (χ3v) is 5.59. The largest absolute Gasteiger partial charge is 0.410 e. The van der Waals surface area contributed by atoms with Gasteiger partial charge in [-0.25, -0.2) is 0 Å². The highest BCUT2D eigenvalue weighted by molar-refractivity contribution is 6.14. The molecule has 2 aromatic carbocycles. The van der Waals surface area contributed by atoms with E-state index in [1.54, 1.807) is 0 Å². The summed E-state index contributed by atoms with van der Waals surface area (Å²) in [6.45, 7) is 17.8. The Kier molecular flexibility index (Phi) is 7.32. The van der Waals surface area contributed by atoms with Crippen molar-refractivity contribution in [1.29, 1.82) is 0 Å². The van der Waals surface area contributed by atoms with Crippen LogP contribution in [0.5, 0.6) is 0 Å². The summed E-state index contributed by atoms with van der Waals surface area (Å²) in [6, 6.07) is 13.3. The van der Waals surface area contributed by atoms with E-state index in [1.807, 2.05) is 0 Å². The van der Waals surface area contributed by atoms with Crippen LogP contribution in [0.1, 0.15) is 102 Å². The summed E-state index contributed by atoms with van der Waals surface area (Å²) in [5.41, 5.74) is 8.13. The third kappa shape index (κ3) is 5.50. The molecule has 2 aromatic rings. The lowest BCUT2D eigenvalue weighted by molar-refractivity contribution is 0.319. The Balaban J connectivity index is 2.65. The van der Waals surface area contributed by atoms with Crippen LogP contribution >= 0.6 is 0 Å². The molecule has 1 N–H and O–H groups in total. The Hall–Kier alpha value is -2.09. The summed E-state index contributed by atoms with van der Waals surface area (Å²) < 4.78 is 0. The van der Waals surface area contributed by atoms with Gasteiger partial charge in [-0.2, -0.15) is 0 Å². The van der Waals surface area contributed by atoms with Crippen LogP contribution < -0.4 is 0 Å². The van der Waals surface area contributed by atoms with Crippen molar-refractivity contribution in [3.05, 3.63) is 69.8 Å². The maximum Gasteiger partial charge on any atom is 0.117 e. The van der Waals surface area contributed by atoms with Gasteiger partial charge in [-0.3, -0.25) is 0 Å². The van der Waals surface area contributed by atoms with Gasteiger partial charge in [-0.1, -0.05) is 110 Å². The lowest BCUT2D eigenvalue weighted by Gasteiger charge is -2.23. The van der Waals surface area contributed by atoms with Crippen molar-refractivity contribution in [3.63, 3.8) is 0 Å². The minimum absolute atomic E-state index is 0.0965. The summed E-state index contributed by atoms with van der Waals surface area (Å²) in [4.78, 5) is 0. The van der Waals surface area contributed by atoms with Gasteiger partial charge in [0.25, 0.3) is 0 Å². The van der Waals surface area contributed by atoms with Crippen LogP contribution in [-0.2, 0) is 23.7 Å².